The van der Waals surface area contributed by atoms with Crippen LogP contribution in [0, 0.1) is 6.92 Å². The molecule has 0 aromatic carbocycles. The number of nitrogens with two attached hydrogens (primary N) is 1. The van der Waals surface area contributed by atoms with E-state index in [1.165, 1.54) is 37.7 Å². The van der Waals surface area contributed by atoms with E-state index in [4.69, 9.17) is 5.73 Å². The molecule has 0 aliphatic rings. The third-order valence-corrected chi connectivity index (χ3v) is 2.97. The molecule has 2 nitrogen and oxygen atoms in total. The molecule has 0 amide bonds. The van der Waals surface area contributed by atoms with Crippen LogP contribution < -0.4 is 5.73 Å². The highest BCUT2D eigenvalue weighted by Crippen LogP contribution is 2.17. The molecule has 0 aliphatic heterocycles. The predicted octanol–water partition coefficient (Wildman–Crippen LogP) is 3.75. The summed E-state index contributed by atoms with van der Waals surface area (Å²) in [4.78, 5) is 4.19. The second kappa shape index (κ2) is 7.39. The van der Waals surface area contributed by atoms with Gasteiger partial charge in [-0.2, -0.15) is 0 Å². The summed E-state index contributed by atoms with van der Waals surface area (Å²) >= 11 is 0. The summed E-state index contributed by atoms with van der Waals surface area (Å²) < 4.78 is 0. The Morgan fingerprint density at radius 3 is 2.69 bits per heavy atom. The van der Waals surface area contributed by atoms with Crippen molar-refractivity contribution in [2.75, 3.05) is 0 Å². The van der Waals surface area contributed by atoms with Crippen LogP contribution in [-0.2, 0) is 0 Å². The molecule has 1 aromatic heterocycles. The minimum absolute atomic E-state index is 0.184. The molecular weight excluding hydrogens is 196 g/mol. The lowest BCUT2D eigenvalue weighted by molar-refractivity contribution is 0.555. The fourth-order valence-electron chi connectivity index (χ4n) is 1.93. The van der Waals surface area contributed by atoms with Crippen molar-refractivity contribution in [3.63, 3.8) is 0 Å². The minimum Gasteiger partial charge on any atom is -0.324 e. The molecular formula is C14H24N2. The molecule has 1 aromatic rings. The summed E-state index contributed by atoms with van der Waals surface area (Å²) in [5, 5.41) is 0. The predicted molar refractivity (Wildman–Crippen MR) is 69.3 cm³/mol. The zero-order valence-electron chi connectivity index (χ0n) is 10.6. The Morgan fingerprint density at radius 2 is 2.00 bits per heavy atom. The molecule has 16 heavy (non-hydrogen) atoms. The van der Waals surface area contributed by atoms with Gasteiger partial charge in [-0.15, -0.1) is 0 Å². The van der Waals surface area contributed by atoms with Gasteiger partial charge in [-0.25, -0.2) is 0 Å². The van der Waals surface area contributed by atoms with E-state index in [9.17, 15) is 0 Å². The lowest BCUT2D eigenvalue weighted by Gasteiger charge is -2.12. The number of hydrogen-bond donors (Lipinski definition) is 1. The summed E-state index contributed by atoms with van der Waals surface area (Å²) in [6.45, 7) is 4.25. The number of hydrogen-bond acceptors (Lipinski definition) is 2. The fraction of sp³-hybridized carbons (Fsp3) is 0.643. The first-order valence-corrected chi connectivity index (χ1v) is 6.42. The van der Waals surface area contributed by atoms with Crippen LogP contribution in [-0.4, -0.2) is 4.98 Å². The third kappa shape index (κ3) is 4.75. The standard InChI is InChI=1S/C14H24N2/c1-3-4-5-6-7-8-14(15)13-9-10-16-12(2)11-13/h9-11,14H,3-8,15H2,1-2H3. The van der Waals surface area contributed by atoms with Gasteiger partial charge in [0.15, 0.2) is 0 Å². The van der Waals surface area contributed by atoms with Gasteiger partial charge in [0.1, 0.15) is 0 Å². The van der Waals surface area contributed by atoms with Gasteiger partial charge in [-0.1, -0.05) is 39.0 Å². The van der Waals surface area contributed by atoms with Gasteiger partial charge in [0, 0.05) is 17.9 Å². The summed E-state index contributed by atoms with van der Waals surface area (Å²) in [6.07, 6.45) is 9.49. The van der Waals surface area contributed by atoms with Crippen LogP contribution >= 0.6 is 0 Å². The maximum absolute atomic E-state index is 6.15. The Labute approximate surface area is 99.3 Å². The highest BCUT2D eigenvalue weighted by molar-refractivity contribution is 5.18. The zero-order chi connectivity index (χ0) is 11.8. The van der Waals surface area contributed by atoms with E-state index < -0.39 is 0 Å². The van der Waals surface area contributed by atoms with Crippen molar-refractivity contribution in [3.05, 3.63) is 29.6 Å². The topological polar surface area (TPSA) is 38.9 Å². The minimum atomic E-state index is 0.184. The number of nitrogens with zero attached hydrogens (tertiary/aromatic N) is 1. The van der Waals surface area contributed by atoms with E-state index in [-0.39, 0.29) is 6.04 Å². The highest BCUT2D eigenvalue weighted by Gasteiger charge is 2.05. The number of rotatable bonds is 7. The van der Waals surface area contributed by atoms with E-state index in [1.54, 1.807) is 0 Å². The summed E-state index contributed by atoms with van der Waals surface area (Å²) in [6, 6.07) is 4.31. The van der Waals surface area contributed by atoms with Gasteiger partial charge in [-0.3, -0.25) is 4.98 Å². The molecule has 0 saturated heterocycles. The van der Waals surface area contributed by atoms with Gasteiger partial charge < -0.3 is 5.73 Å². The van der Waals surface area contributed by atoms with Crippen molar-refractivity contribution in [1.29, 1.82) is 0 Å². The second-order valence-electron chi connectivity index (χ2n) is 4.54. The molecule has 1 unspecified atom stereocenters. The maximum Gasteiger partial charge on any atom is 0.0375 e. The SMILES string of the molecule is CCCCCCCC(N)c1ccnc(C)c1. The van der Waals surface area contributed by atoms with Crippen LogP contribution in [0.1, 0.15) is 62.7 Å². The molecule has 90 valence electrons. The normalized spacial score (nSPS) is 12.7. The summed E-state index contributed by atoms with van der Waals surface area (Å²) in [7, 11) is 0. The van der Waals surface area contributed by atoms with Crippen molar-refractivity contribution in [1.82, 2.24) is 4.98 Å². The Balaban J connectivity index is 2.27. The highest BCUT2D eigenvalue weighted by atomic mass is 14.7. The van der Waals surface area contributed by atoms with Gasteiger partial charge in [0.05, 0.1) is 0 Å². The molecule has 0 aliphatic carbocycles. The first kappa shape index (κ1) is 13.2. The molecule has 2 N–H and O–H groups in total. The van der Waals surface area contributed by atoms with Crippen LogP contribution in [0.3, 0.4) is 0 Å². The van der Waals surface area contributed by atoms with Gasteiger partial charge in [0.2, 0.25) is 0 Å². The van der Waals surface area contributed by atoms with Crippen LogP contribution in [0.2, 0.25) is 0 Å². The van der Waals surface area contributed by atoms with Crippen molar-refractivity contribution in [2.45, 2.75) is 58.4 Å². The number of aryl methyl sites for hydroxylation is 1. The molecule has 2 heteroatoms. The summed E-state index contributed by atoms with van der Waals surface area (Å²) in [5.74, 6) is 0. The Bertz CT molecular complexity index is 297. The van der Waals surface area contributed by atoms with E-state index in [1.807, 2.05) is 19.2 Å². The molecule has 0 saturated carbocycles. The maximum atomic E-state index is 6.15. The van der Waals surface area contributed by atoms with Gasteiger partial charge >= 0.3 is 0 Å². The van der Waals surface area contributed by atoms with Crippen molar-refractivity contribution < 1.29 is 0 Å². The number of unbranched alkanes of at least 4 members (excludes halogenated alkanes) is 4. The first-order valence-electron chi connectivity index (χ1n) is 6.42. The molecule has 1 heterocycles. The van der Waals surface area contributed by atoms with E-state index in [0.717, 1.165) is 12.1 Å². The third-order valence-electron chi connectivity index (χ3n) is 2.97. The first-order chi connectivity index (χ1) is 7.74. The van der Waals surface area contributed by atoms with E-state index >= 15 is 0 Å². The number of pyridine rings is 1. The Kier molecular flexibility index (Phi) is 6.09. The quantitative estimate of drug-likeness (QED) is 0.711. The molecule has 1 rings (SSSR count). The van der Waals surface area contributed by atoms with Crippen molar-refractivity contribution in [2.24, 2.45) is 5.73 Å². The largest absolute Gasteiger partial charge is 0.324 e. The molecule has 0 fully saturated rings. The average molecular weight is 220 g/mol. The zero-order valence-corrected chi connectivity index (χ0v) is 10.6. The second-order valence-corrected chi connectivity index (χ2v) is 4.54. The summed E-state index contributed by atoms with van der Waals surface area (Å²) in [5.41, 5.74) is 8.43. The molecule has 0 spiro atoms. The average Bonchev–Trinajstić information content (AvgIpc) is 2.28. The monoisotopic (exact) mass is 220 g/mol. The van der Waals surface area contributed by atoms with Gasteiger partial charge in [0.25, 0.3) is 0 Å². The van der Waals surface area contributed by atoms with E-state index in [0.29, 0.717) is 0 Å². The molecule has 1 atom stereocenters. The van der Waals surface area contributed by atoms with Gasteiger partial charge in [-0.05, 0) is 31.0 Å². The Hall–Kier alpha value is -0.890. The van der Waals surface area contributed by atoms with Crippen LogP contribution in [0.5, 0.6) is 0 Å². The Morgan fingerprint density at radius 1 is 1.25 bits per heavy atom. The van der Waals surface area contributed by atoms with Crippen molar-refractivity contribution >= 4 is 0 Å². The van der Waals surface area contributed by atoms with Crippen molar-refractivity contribution in [3.8, 4) is 0 Å². The van der Waals surface area contributed by atoms with Crippen LogP contribution in [0.4, 0.5) is 0 Å². The number of aromatic nitrogens is 1. The fourth-order valence-corrected chi connectivity index (χ4v) is 1.93. The van der Waals surface area contributed by atoms with Crippen LogP contribution in [0.15, 0.2) is 18.3 Å². The lowest BCUT2D eigenvalue weighted by Crippen LogP contribution is -2.10. The smallest absolute Gasteiger partial charge is 0.0375 e. The molecule has 0 bridgehead atoms. The van der Waals surface area contributed by atoms with E-state index in [2.05, 4.69) is 18.0 Å². The molecule has 0 radical (unpaired) electrons. The lowest BCUT2D eigenvalue weighted by atomic mass is 10.0. The van der Waals surface area contributed by atoms with Crippen LogP contribution in [0.25, 0.3) is 0 Å².